The summed E-state index contributed by atoms with van der Waals surface area (Å²) < 4.78 is 48.9. The molecule has 0 bridgehead atoms. The number of alkyl halides is 3. The summed E-state index contributed by atoms with van der Waals surface area (Å²) in [5.74, 6) is -0.709. The van der Waals surface area contributed by atoms with E-state index in [9.17, 15) is 17.6 Å². The van der Waals surface area contributed by atoms with E-state index in [1.807, 2.05) is 0 Å². The SMILES string of the molecule is N#Cc1cc([C@@H](N)CCC(F)(F)F)ccc1F. The predicted octanol–water partition coefficient (Wildman–Crippen LogP) is 3.04. The molecule has 2 N–H and O–H groups in total. The molecule has 0 aliphatic heterocycles. The first kappa shape index (κ1) is 13.5. The number of halogens is 4. The molecule has 0 spiro atoms. The number of rotatable bonds is 3. The normalized spacial score (nSPS) is 13.2. The Bertz CT molecular complexity index is 434. The Morgan fingerprint density at radius 1 is 1.35 bits per heavy atom. The van der Waals surface area contributed by atoms with Crippen LogP contribution in [0.5, 0.6) is 0 Å². The minimum absolute atomic E-state index is 0.218. The third-order valence-corrected chi connectivity index (χ3v) is 2.28. The first-order chi connectivity index (χ1) is 7.83. The van der Waals surface area contributed by atoms with Crippen LogP contribution in [0.1, 0.15) is 30.0 Å². The highest BCUT2D eigenvalue weighted by Gasteiger charge is 2.27. The lowest BCUT2D eigenvalue weighted by Gasteiger charge is -2.13. The molecule has 0 amide bonds. The number of nitrogens with zero attached hydrogens (tertiary/aromatic N) is 1. The Morgan fingerprint density at radius 2 is 2.00 bits per heavy atom. The molecule has 1 aromatic carbocycles. The quantitative estimate of drug-likeness (QED) is 0.833. The first-order valence-corrected chi connectivity index (χ1v) is 4.85. The minimum Gasteiger partial charge on any atom is -0.324 e. The van der Waals surface area contributed by atoms with E-state index in [1.165, 1.54) is 12.1 Å². The van der Waals surface area contributed by atoms with E-state index in [2.05, 4.69) is 0 Å². The van der Waals surface area contributed by atoms with Crippen molar-refractivity contribution in [1.29, 1.82) is 5.26 Å². The average Bonchev–Trinajstić information content (AvgIpc) is 2.25. The second kappa shape index (κ2) is 5.15. The van der Waals surface area contributed by atoms with Crippen LogP contribution < -0.4 is 5.73 Å². The first-order valence-electron chi connectivity index (χ1n) is 4.85. The van der Waals surface area contributed by atoms with Gasteiger partial charge in [0.1, 0.15) is 11.9 Å². The van der Waals surface area contributed by atoms with Crippen LogP contribution in [-0.4, -0.2) is 6.18 Å². The lowest BCUT2D eigenvalue weighted by molar-refractivity contribution is -0.136. The second-order valence-corrected chi connectivity index (χ2v) is 3.61. The van der Waals surface area contributed by atoms with Crippen LogP contribution in [0.15, 0.2) is 18.2 Å². The molecule has 2 nitrogen and oxygen atoms in total. The molecule has 0 saturated heterocycles. The standard InChI is InChI=1S/C11H10F4N2/c12-9-2-1-7(5-8(9)6-16)10(17)3-4-11(13,14)15/h1-2,5,10H,3-4,17H2/t10-/m0/s1. The Kier molecular flexibility index (Phi) is 4.07. The predicted molar refractivity (Wildman–Crippen MR) is 53.3 cm³/mol. The zero-order valence-corrected chi connectivity index (χ0v) is 8.76. The van der Waals surface area contributed by atoms with E-state index in [0.29, 0.717) is 5.56 Å². The summed E-state index contributed by atoms with van der Waals surface area (Å²) in [6.07, 6.45) is -5.57. The van der Waals surface area contributed by atoms with E-state index in [-0.39, 0.29) is 12.0 Å². The van der Waals surface area contributed by atoms with Gasteiger partial charge in [0.25, 0.3) is 0 Å². The van der Waals surface area contributed by atoms with Gasteiger partial charge in [-0.3, -0.25) is 0 Å². The van der Waals surface area contributed by atoms with Crippen molar-refractivity contribution in [2.45, 2.75) is 25.1 Å². The van der Waals surface area contributed by atoms with Gasteiger partial charge in [0.15, 0.2) is 0 Å². The maximum atomic E-state index is 13.0. The van der Waals surface area contributed by atoms with Crippen LogP contribution in [0.25, 0.3) is 0 Å². The maximum Gasteiger partial charge on any atom is 0.389 e. The van der Waals surface area contributed by atoms with Crippen molar-refractivity contribution in [3.05, 3.63) is 35.1 Å². The van der Waals surface area contributed by atoms with Gasteiger partial charge >= 0.3 is 6.18 Å². The number of hydrogen-bond acceptors (Lipinski definition) is 2. The molecule has 1 atom stereocenters. The summed E-state index contributed by atoms with van der Waals surface area (Å²) in [5, 5.41) is 8.57. The molecule has 0 radical (unpaired) electrons. The van der Waals surface area contributed by atoms with Crippen LogP contribution in [0.2, 0.25) is 0 Å². The summed E-state index contributed by atoms with van der Waals surface area (Å²) in [4.78, 5) is 0. The molecule has 6 heteroatoms. The van der Waals surface area contributed by atoms with Crippen molar-refractivity contribution in [2.24, 2.45) is 5.73 Å². The van der Waals surface area contributed by atoms with E-state index < -0.39 is 24.5 Å². The number of nitrogens with two attached hydrogens (primary N) is 1. The van der Waals surface area contributed by atoms with Crippen molar-refractivity contribution in [3.63, 3.8) is 0 Å². The highest BCUT2D eigenvalue weighted by Crippen LogP contribution is 2.26. The number of benzene rings is 1. The lowest BCUT2D eigenvalue weighted by Crippen LogP contribution is -2.16. The average molecular weight is 246 g/mol. The molecule has 1 rings (SSSR count). The van der Waals surface area contributed by atoms with E-state index >= 15 is 0 Å². The molecular formula is C11H10F4N2. The monoisotopic (exact) mass is 246 g/mol. The summed E-state index contributed by atoms with van der Waals surface area (Å²) >= 11 is 0. The van der Waals surface area contributed by atoms with Crippen molar-refractivity contribution in [3.8, 4) is 6.07 Å². The number of hydrogen-bond donors (Lipinski definition) is 1. The molecule has 0 saturated carbocycles. The third-order valence-electron chi connectivity index (χ3n) is 2.28. The Labute approximate surface area is 95.7 Å². The van der Waals surface area contributed by atoms with E-state index in [4.69, 9.17) is 11.0 Å². The molecule has 0 aromatic heterocycles. The van der Waals surface area contributed by atoms with Gasteiger partial charge in [0, 0.05) is 12.5 Å². The van der Waals surface area contributed by atoms with Gasteiger partial charge in [-0.15, -0.1) is 0 Å². The van der Waals surface area contributed by atoms with Gasteiger partial charge in [0.2, 0.25) is 0 Å². The summed E-state index contributed by atoms with van der Waals surface area (Å²) in [5.41, 5.74) is 5.65. The molecular weight excluding hydrogens is 236 g/mol. The minimum atomic E-state index is -4.27. The molecule has 1 aromatic rings. The van der Waals surface area contributed by atoms with Crippen molar-refractivity contribution < 1.29 is 17.6 Å². The molecule has 0 aliphatic rings. The van der Waals surface area contributed by atoms with Gasteiger partial charge in [-0.25, -0.2) is 4.39 Å². The lowest BCUT2D eigenvalue weighted by atomic mass is 10.0. The van der Waals surface area contributed by atoms with Crippen LogP contribution in [0.4, 0.5) is 17.6 Å². The van der Waals surface area contributed by atoms with E-state index in [0.717, 1.165) is 6.07 Å². The summed E-state index contributed by atoms with van der Waals surface area (Å²) in [6.45, 7) is 0. The fourth-order valence-electron chi connectivity index (χ4n) is 1.35. The van der Waals surface area contributed by atoms with Crippen molar-refractivity contribution in [1.82, 2.24) is 0 Å². The van der Waals surface area contributed by atoms with Crippen molar-refractivity contribution >= 4 is 0 Å². The van der Waals surface area contributed by atoms with Crippen LogP contribution >= 0.6 is 0 Å². The largest absolute Gasteiger partial charge is 0.389 e. The fourth-order valence-corrected chi connectivity index (χ4v) is 1.35. The molecule has 92 valence electrons. The Hall–Kier alpha value is -1.61. The molecule has 17 heavy (non-hydrogen) atoms. The third kappa shape index (κ3) is 4.04. The highest BCUT2D eigenvalue weighted by molar-refractivity contribution is 5.35. The van der Waals surface area contributed by atoms with Gasteiger partial charge in [-0.2, -0.15) is 18.4 Å². The highest BCUT2D eigenvalue weighted by atomic mass is 19.4. The van der Waals surface area contributed by atoms with Gasteiger partial charge in [0.05, 0.1) is 5.56 Å². The molecule has 0 aliphatic carbocycles. The fraction of sp³-hybridized carbons (Fsp3) is 0.364. The smallest absolute Gasteiger partial charge is 0.324 e. The molecule has 0 heterocycles. The van der Waals surface area contributed by atoms with Gasteiger partial charge in [-0.1, -0.05) is 6.07 Å². The second-order valence-electron chi connectivity index (χ2n) is 3.61. The zero-order valence-electron chi connectivity index (χ0n) is 8.76. The van der Waals surface area contributed by atoms with E-state index in [1.54, 1.807) is 6.07 Å². The summed E-state index contributed by atoms with van der Waals surface area (Å²) in [7, 11) is 0. The van der Waals surface area contributed by atoms with Crippen LogP contribution in [0, 0.1) is 17.1 Å². The summed E-state index contributed by atoms with van der Waals surface area (Å²) in [6, 6.07) is 4.25. The maximum absolute atomic E-state index is 13.0. The number of nitriles is 1. The Balaban J connectivity index is 2.77. The van der Waals surface area contributed by atoms with Crippen molar-refractivity contribution in [2.75, 3.05) is 0 Å². The molecule has 0 unspecified atom stereocenters. The van der Waals surface area contributed by atoms with Gasteiger partial charge in [-0.05, 0) is 24.1 Å². The van der Waals surface area contributed by atoms with Gasteiger partial charge < -0.3 is 5.73 Å². The topological polar surface area (TPSA) is 49.8 Å². The zero-order chi connectivity index (χ0) is 13.1. The Morgan fingerprint density at radius 3 is 2.53 bits per heavy atom. The van der Waals surface area contributed by atoms with Crippen LogP contribution in [0.3, 0.4) is 0 Å². The van der Waals surface area contributed by atoms with Crippen LogP contribution in [-0.2, 0) is 0 Å². The molecule has 0 fully saturated rings.